The van der Waals surface area contributed by atoms with Gasteiger partial charge in [0.1, 0.15) is 5.75 Å². The molecular formula is C18H33IN4O4S. The van der Waals surface area contributed by atoms with Crippen LogP contribution < -0.4 is 20.1 Å². The zero-order chi connectivity index (χ0) is 20.3. The van der Waals surface area contributed by atoms with Crippen molar-refractivity contribution in [3.05, 3.63) is 29.8 Å². The van der Waals surface area contributed by atoms with Crippen LogP contribution in [-0.2, 0) is 10.0 Å². The highest BCUT2D eigenvalue weighted by atomic mass is 127. The van der Waals surface area contributed by atoms with Crippen molar-refractivity contribution in [2.24, 2.45) is 4.99 Å². The second-order valence-electron chi connectivity index (χ2n) is 6.42. The Morgan fingerprint density at radius 3 is 2.57 bits per heavy atom. The van der Waals surface area contributed by atoms with Crippen LogP contribution in [0.3, 0.4) is 0 Å². The van der Waals surface area contributed by atoms with Crippen molar-refractivity contribution >= 4 is 40.0 Å². The number of benzene rings is 1. The van der Waals surface area contributed by atoms with Gasteiger partial charge in [0.05, 0.1) is 25.0 Å². The average Bonchev–Trinajstić information content (AvgIpc) is 2.57. The summed E-state index contributed by atoms with van der Waals surface area (Å²) in [5.41, 5.74) is 0.741. The van der Waals surface area contributed by atoms with Crippen LogP contribution in [0.25, 0.3) is 0 Å². The summed E-state index contributed by atoms with van der Waals surface area (Å²) in [5.74, 6) is 1.29. The summed E-state index contributed by atoms with van der Waals surface area (Å²) in [6, 6.07) is 7.36. The second kappa shape index (κ2) is 14.0. The zero-order valence-corrected chi connectivity index (χ0v) is 20.1. The Morgan fingerprint density at radius 2 is 1.96 bits per heavy atom. The lowest BCUT2D eigenvalue weighted by Gasteiger charge is -2.15. The zero-order valence-electron chi connectivity index (χ0n) is 16.9. The summed E-state index contributed by atoms with van der Waals surface area (Å²) in [6.45, 7) is 7.65. The Morgan fingerprint density at radius 1 is 1.25 bits per heavy atom. The van der Waals surface area contributed by atoms with Crippen LogP contribution in [0, 0.1) is 0 Å². The fourth-order valence-electron chi connectivity index (χ4n) is 2.24. The molecule has 0 aliphatic carbocycles. The third-order valence-electron chi connectivity index (χ3n) is 3.39. The number of guanidine groups is 1. The normalized spacial score (nSPS) is 13.0. The smallest absolute Gasteiger partial charge is 0.208 e. The van der Waals surface area contributed by atoms with Gasteiger partial charge in [-0.25, -0.2) is 13.1 Å². The number of nitrogens with zero attached hydrogens (tertiary/aromatic N) is 1. The third kappa shape index (κ3) is 12.4. The van der Waals surface area contributed by atoms with E-state index in [9.17, 15) is 13.5 Å². The molecule has 0 heterocycles. The predicted molar refractivity (Wildman–Crippen MR) is 124 cm³/mol. The predicted octanol–water partition coefficient (Wildman–Crippen LogP) is 1.62. The van der Waals surface area contributed by atoms with Gasteiger partial charge in [-0.2, -0.15) is 0 Å². The lowest BCUT2D eigenvalue weighted by atomic mass is 10.1. The Bertz CT molecular complexity index is 699. The summed E-state index contributed by atoms with van der Waals surface area (Å²) in [6.07, 6.45) is 1.07. The van der Waals surface area contributed by atoms with Crippen LogP contribution in [0.5, 0.6) is 5.75 Å². The molecule has 10 heteroatoms. The molecule has 0 radical (unpaired) electrons. The number of aliphatic hydroxyl groups excluding tert-OH is 1. The molecule has 0 fully saturated rings. The molecule has 162 valence electrons. The van der Waals surface area contributed by atoms with Crippen LogP contribution in [0.4, 0.5) is 0 Å². The molecule has 0 aliphatic rings. The molecule has 0 saturated heterocycles. The van der Waals surface area contributed by atoms with Gasteiger partial charge in [-0.1, -0.05) is 12.1 Å². The van der Waals surface area contributed by atoms with Crippen LogP contribution in [0.15, 0.2) is 29.3 Å². The highest BCUT2D eigenvalue weighted by Gasteiger charge is 2.09. The quantitative estimate of drug-likeness (QED) is 0.150. The summed E-state index contributed by atoms with van der Waals surface area (Å²) in [4.78, 5) is 4.39. The number of hydrogen-bond donors (Lipinski definition) is 4. The van der Waals surface area contributed by atoms with Gasteiger partial charge in [0.25, 0.3) is 0 Å². The first-order chi connectivity index (χ1) is 12.7. The second-order valence-corrected chi connectivity index (χ2v) is 8.25. The highest BCUT2D eigenvalue weighted by Crippen LogP contribution is 2.20. The van der Waals surface area contributed by atoms with Crippen molar-refractivity contribution in [1.82, 2.24) is 15.4 Å². The van der Waals surface area contributed by atoms with Crippen molar-refractivity contribution in [1.29, 1.82) is 0 Å². The molecule has 0 aliphatic heterocycles. The van der Waals surface area contributed by atoms with Crippen molar-refractivity contribution in [3.63, 3.8) is 0 Å². The highest BCUT2D eigenvalue weighted by molar-refractivity contribution is 14.0. The van der Waals surface area contributed by atoms with Crippen LogP contribution in [0.2, 0.25) is 0 Å². The van der Waals surface area contributed by atoms with Crippen LogP contribution in [0.1, 0.15) is 38.9 Å². The van der Waals surface area contributed by atoms with Crippen molar-refractivity contribution < 1.29 is 18.3 Å². The number of nitrogens with one attached hydrogen (secondary N) is 3. The van der Waals surface area contributed by atoms with Gasteiger partial charge in [-0.05, 0) is 44.9 Å². The minimum absolute atomic E-state index is 0. The fraction of sp³-hybridized carbons (Fsp3) is 0.611. The average molecular weight is 528 g/mol. The molecule has 28 heavy (non-hydrogen) atoms. The van der Waals surface area contributed by atoms with Crippen molar-refractivity contribution in [2.75, 3.05) is 32.4 Å². The number of sulfonamides is 1. The first kappa shape index (κ1) is 26.9. The van der Waals surface area contributed by atoms with Gasteiger partial charge in [0.2, 0.25) is 10.0 Å². The monoisotopic (exact) mass is 528 g/mol. The van der Waals surface area contributed by atoms with Gasteiger partial charge >= 0.3 is 0 Å². The molecule has 0 bridgehead atoms. The van der Waals surface area contributed by atoms with E-state index in [1.54, 1.807) is 0 Å². The Balaban J connectivity index is 0.00000729. The summed E-state index contributed by atoms with van der Waals surface area (Å²) in [5, 5.41) is 16.6. The van der Waals surface area contributed by atoms with Crippen LogP contribution >= 0.6 is 24.0 Å². The molecule has 1 aromatic carbocycles. The number of halogens is 1. The van der Waals surface area contributed by atoms with Crippen molar-refractivity contribution in [2.45, 2.75) is 39.4 Å². The topological polar surface area (TPSA) is 112 Å². The summed E-state index contributed by atoms with van der Waals surface area (Å²) in [7, 11) is -3.17. The van der Waals surface area contributed by atoms with Gasteiger partial charge in [-0.15, -0.1) is 24.0 Å². The largest absolute Gasteiger partial charge is 0.491 e. The maximum atomic E-state index is 11.0. The van der Waals surface area contributed by atoms with E-state index in [2.05, 4.69) is 20.3 Å². The Hall–Kier alpha value is -1.11. The minimum atomic E-state index is -3.17. The SMILES string of the molecule is CCNC(=NCC(O)c1cccc(OC(C)C)c1)NCCCNS(C)(=O)=O.I. The molecule has 1 aromatic rings. The van der Waals surface area contributed by atoms with Gasteiger partial charge in [0, 0.05) is 19.6 Å². The lowest BCUT2D eigenvalue weighted by Crippen LogP contribution is -2.39. The van der Waals surface area contributed by atoms with E-state index in [1.165, 1.54) is 0 Å². The number of ether oxygens (including phenoxy) is 1. The molecule has 8 nitrogen and oxygen atoms in total. The minimum Gasteiger partial charge on any atom is -0.491 e. The number of hydrogen-bond acceptors (Lipinski definition) is 5. The van der Waals surface area contributed by atoms with E-state index in [4.69, 9.17) is 4.74 Å². The maximum Gasteiger partial charge on any atom is 0.208 e. The summed E-state index contributed by atoms with van der Waals surface area (Å²) >= 11 is 0. The molecule has 0 spiro atoms. The molecule has 1 unspecified atom stereocenters. The fourth-order valence-corrected chi connectivity index (χ4v) is 2.76. The van der Waals surface area contributed by atoms with E-state index >= 15 is 0 Å². The molecular weight excluding hydrogens is 495 g/mol. The molecule has 0 aromatic heterocycles. The Kier molecular flexibility index (Phi) is 13.4. The number of aliphatic hydroxyl groups is 1. The standard InChI is InChI=1S/C18H32N4O4S.HI/c1-5-19-18(20-10-7-11-22-27(4,24)25)21-13-17(23)15-8-6-9-16(12-15)26-14(2)3;/h6,8-9,12,14,17,22-23H,5,7,10-11,13H2,1-4H3,(H2,19,20,21);1H. The van der Waals surface area contributed by atoms with E-state index in [0.29, 0.717) is 37.8 Å². The molecule has 0 amide bonds. The molecule has 0 saturated carbocycles. The first-order valence-corrected chi connectivity index (χ1v) is 11.0. The number of aliphatic imine (C=N–C) groups is 1. The van der Waals surface area contributed by atoms with Gasteiger partial charge in [0.15, 0.2) is 5.96 Å². The van der Waals surface area contributed by atoms with Crippen molar-refractivity contribution in [3.8, 4) is 5.75 Å². The molecule has 1 rings (SSSR count). The maximum absolute atomic E-state index is 11.0. The van der Waals surface area contributed by atoms with E-state index in [0.717, 1.165) is 11.8 Å². The van der Waals surface area contributed by atoms with E-state index in [-0.39, 0.29) is 36.6 Å². The van der Waals surface area contributed by atoms with Gasteiger partial charge < -0.3 is 20.5 Å². The molecule has 4 N–H and O–H groups in total. The first-order valence-electron chi connectivity index (χ1n) is 9.12. The molecule has 1 atom stereocenters. The summed E-state index contributed by atoms with van der Waals surface area (Å²) < 4.78 is 30.1. The third-order valence-corrected chi connectivity index (χ3v) is 4.12. The number of rotatable bonds is 11. The van der Waals surface area contributed by atoms with E-state index in [1.807, 2.05) is 45.0 Å². The lowest BCUT2D eigenvalue weighted by molar-refractivity contribution is 0.185. The van der Waals surface area contributed by atoms with Crippen LogP contribution in [-0.4, -0.2) is 58.0 Å². The van der Waals surface area contributed by atoms with E-state index < -0.39 is 16.1 Å². The van der Waals surface area contributed by atoms with Gasteiger partial charge in [-0.3, -0.25) is 4.99 Å². The Labute approximate surface area is 185 Å².